The fraction of sp³-hybridized carbons (Fsp3) is 0.800. The van der Waals surface area contributed by atoms with Gasteiger partial charge >= 0.3 is 6.03 Å². The number of nitrogens with zero attached hydrogens (tertiary/aromatic N) is 1. The summed E-state index contributed by atoms with van der Waals surface area (Å²) in [6.45, 7) is 2.81. The standard InChI is InChI=1S/C15H22N2O4/c1-14(6-5-9-21-14)10-17-12(19)15(7-3-2-4-8-15)11(18)16-13(17)20/h2-10H2,1H3,(H,16,18,20). The largest absolute Gasteiger partial charge is 0.373 e. The number of carbonyl (C=O) groups is 3. The lowest BCUT2D eigenvalue weighted by atomic mass is 9.71. The van der Waals surface area contributed by atoms with Crippen LogP contribution < -0.4 is 5.32 Å². The number of hydrogen-bond donors (Lipinski definition) is 1. The Morgan fingerprint density at radius 2 is 1.81 bits per heavy atom. The van der Waals surface area contributed by atoms with E-state index in [2.05, 4.69) is 5.32 Å². The van der Waals surface area contributed by atoms with E-state index in [0.717, 1.165) is 32.1 Å². The average molecular weight is 294 g/mol. The normalized spacial score (nSPS) is 32.6. The number of barbiturate groups is 1. The zero-order valence-corrected chi connectivity index (χ0v) is 12.4. The molecule has 2 heterocycles. The second-order valence-electron chi connectivity index (χ2n) is 6.70. The fourth-order valence-electron chi connectivity index (χ4n) is 3.77. The van der Waals surface area contributed by atoms with Crippen molar-refractivity contribution < 1.29 is 19.1 Å². The first-order valence-electron chi connectivity index (χ1n) is 7.78. The molecule has 0 radical (unpaired) electrons. The first-order valence-corrected chi connectivity index (χ1v) is 7.78. The third-order valence-corrected chi connectivity index (χ3v) is 5.05. The highest BCUT2D eigenvalue weighted by atomic mass is 16.5. The maximum Gasteiger partial charge on any atom is 0.330 e. The molecule has 6 heteroatoms. The summed E-state index contributed by atoms with van der Waals surface area (Å²) in [7, 11) is 0. The lowest BCUT2D eigenvalue weighted by Gasteiger charge is -2.43. The molecule has 3 rings (SSSR count). The summed E-state index contributed by atoms with van der Waals surface area (Å²) in [5, 5.41) is 2.38. The van der Waals surface area contributed by atoms with E-state index >= 15 is 0 Å². The molecular weight excluding hydrogens is 272 g/mol. The van der Waals surface area contributed by atoms with E-state index in [1.807, 2.05) is 6.92 Å². The Morgan fingerprint density at radius 3 is 2.43 bits per heavy atom. The van der Waals surface area contributed by atoms with Crippen molar-refractivity contribution in [3.05, 3.63) is 0 Å². The molecule has 2 saturated heterocycles. The number of amides is 4. The highest BCUT2D eigenvalue weighted by Gasteiger charge is 2.55. The van der Waals surface area contributed by atoms with Crippen molar-refractivity contribution in [2.75, 3.05) is 13.2 Å². The summed E-state index contributed by atoms with van der Waals surface area (Å²) in [5.74, 6) is -0.737. The molecule has 1 unspecified atom stereocenters. The zero-order chi connectivity index (χ0) is 15.1. The maximum absolute atomic E-state index is 12.8. The number of hydrogen-bond acceptors (Lipinski definition) is 4. The highest BCUT2D eigenvalue weighted by molar-refractivity contribution is 6.19. The summed E-state index contributed by atoms with van der Waals surface area (Å²) in [6.07, 6.45) is 5.59. The van der Waals surface area contributed by atoms with Crippen molar-refractivity contribution in [3.63, 3.8) is 0 Å². The second-order valence-corrected chi connectivity index (χ2v) is 6.70. The van der Waals surface area contributed by atoms with Crippen LogP contribution in [0.4, 0.5) is 4.79 Å². The molecule has 21 heavy (non-hydrogen) atoms. The molecule has 1 N–H and O–H groups in total. The molecule has 3 aliphatic rings. The van der Waals surface area contributed by atoms with E-state index < -0.39 is 23.0 Å². The minimum absolute atomic E-state index is 0.229. The number of imide groups is 2. The van der Waals surface area contributed by atoms with Crippen LogP contribution >= 0.6 is 0 Å². The van der Waals surface area contributed by atoms with Gasteiger partial charge in [0.2, 0.25) is 11.8 Å². The summed E-state index contributed by atoms with van der Waals surface area (Å²) in [4.78, 5) is 38.4. The van der Waals surface area contributed by atoms with Crippen LogP contribution in [0.2, 0.25) is 0 Å². The van der Waals surface area contributed by atoms with Crippen molar-refractivity contribution in [1.82, 2.24) is 10.2 Å². The van der Waals surface area contributed by atoms with E-state index in [1.165, 1.54) is 4.90 Å². The Kier molecular flexibility index (Phi) is 3.51. The van der Waals surface area contributed by atoms with Crippen LogP contribution in [0.1, 0.15) is 51.9 Å². The molecule has 0 bridgehead atoms. The van der Waals surface area contributed by atoms with Crippen LogP contribution in [0.5, 0.6) is 0 Å². The SMILES string of the molecule is CC1(CN2C(=O)NC(=O)C3(CCCCC3)C2=O)CCCO1. The Morgan fingerprint density at radius 1 is 1.10 bits per heavy atom. The van der Waals surface area contributed by atoms with Crippen LogP contribution in [-0.4, -0.2) is 41.5 Å². The summed E-state index contributed by atoms with van der Waals surface area (Å²) >= 11 is 0. The minimum atomic E-state index is -1.03. The van der Waals surface area contributed by atoms with Gasteiger partial charge in [-0.3, -0.25) is 19.8 Å². The molecule has 4 amide bonds. The number of carbonyl (C=O) groups excluding carboxylic acids is 3. The van der Waals surface area contributed by atoms with Gasteiger partial charge in [-0.2, -0.15) is 0 Å². The summed E-state index contributed by atoms with van der Waals surface area (Å²) in [6, 6.07) is -0.599. The molecule has 0 aromatic heterocycles. The average Bonchev–Trinajstić information content (AvgIpc) is 2.90. The topological polar surface area (TPSA) is 75.7 Å². The van der Waals surface area contributed by atoms with Gasteiger partial charge in [0, 0.05) is 6.61 Å². The third kappa shape index (κ3) is 2.35. The van der Waals surface area contributed by atoms with Gasteiger partial charge in [0.05, 0.1) is 12.1 Å². The van der Waals surface area contributed by atoms with Crippen molar-refractivity contribution in [3.8, 4) is 0 Å². The van der Waals surface area contributed by atoms with E-state index in [9.17, 15) is 14.4 Å². The molecule has 116 valence electrons. The van der Waals surface area contributed by atoms with E-state index in [4.69, 9.17) is 4.74 Å². The van der Waals surface area contributed by atoms with Gasteiger partial charge in [-0.15, -0.1) is 0 Å². The third-order valence-electron chi connectivity index (χ3n) is 5.05. The monoisotopic (exact) mass is 294 g/mol. The molecular formula is C15H22N2O4. The quantitative estimate of drug-likeness (QED) is 0.785. The van der Waals surface area contributed by atoms with Crippen LogP contribution in [0, 0.1) is 5.41 Å². The van der Waals surface area contributed by atoms with Gasteiger partial charge in [-0.1, -0.05) is 19.3 Å². The Bertz CT molecular complexity index is 476. The molecule has 0 aromatic rings. The van der Waals surface area contributed by atoms with Crippen molar-refractivity contribution in [2.45, 2.75) is 57.5 Å². The number of ether oxygens (including phenoxy) is 1. The predicted molar refractivity (Wildman–Crippen MR) is 74.4 cm³/mol. The van der Waals surface area contributed by atoms with Crippen molar-refractivity contribution in [1.29, 1.82) is 0 Å². The van der Waals surface area contributed by atoms with E-state index in [0.29, 0.717) is 19.4 Å². The maximum atomic E-state index is 12.8. The molecule has 1 saturated carbocycles. The van der Waals surface area contributed by atoms with Gasteiger partial charge in [0.1, 0.15) is 5.41 Å². The number of urea groups is 1. The summed E-state index contributed by atoms with van der Waals surface area (Å²) in [5.41, 5.74) is -1.51. The summed E-state index contributed by atoms with van der Waals surface area (Å²) < 4.78 is 5.68. The van der Waals surface area contributed by atoms with Crippen LogP contribution in [0.15, 0.2) is 0 Å². The Labute approximate surface area is 124 Å². The van der Waals surface area contributed by atoms with Gasteiger partial charge < -0.3 is 4.74 Å². The van der Waals surface area contributed by atoms with Crippen molar-refractivity contribution in [2.24, 2.45) is 5.41 Å². The molecule has 1 atom stereocenters. The fourth-order valence-corrected chi connectivity index (χ4v) is 3.77. The van der Waals surface area contributed by atoms with Crippen molar-refractivity contribution >= 4 is 17.8 Å². The first-order chi connectivity index (χ1) is 9.97. The smallest absolute Gasteiger partial charge is 0.330 e. The van der Waals surface area contributed by atoms with Crippen LogP contribution in [0.3, 0.4) is 0 Å². The molecule has 1 aliphatic carbocycles. The predicted octanol–water partition coefficient (Wildman–Crippen LogP) is 1.58. The van der Waals surface area contributed by atoms with E-state index in [-0.39, 0.29) is 12.5 Å². The second kappa shape index (κ2) is 5.09. The van der Waals surface area contributed by atoms with Gasteiger partial charge in [0.25, 0.3) is 0 Å². The first kappa shape index (κ1) is 14.5. The minimum Gasteiger partial charge on any atom is -0.373 e. The highest BCUT2D eigenvalue weighted by Crippen LogP contribution is 2.41. The van der Waals surface area contributed by atoms with Crippen LogP contribution in [0.25, 0.3) is 0 Å². The molecule has 0 aromatic carbocycles. The molecule has 1 spiro atoms. The Hall–Kier alpha value is -1.43. The van der Waals surface area contributed by atoms with Gasteiger partial charge in [-0.05, 0) is 32.6 Å². The van der Waals surface area contributed by atoms with Crippen LogP contribution in [-0.2, 0) is 14.3 Å². The lowest BCUT2D eigenvalue weighted by molar-refractivity contribution is -0.156. The van der Waals surface area contributed by atoms with Gasteiger partial charge in [-0.25, -0.2) is 4.79 Å². The zero-order valence-electron chi connectivity index (χ0n) is 12.4. The van der Waals surface area contributed by atoms with Gasteiger partial charge in [0.15, 0.2) is 0 Å². The molecule has 6 nitrogen and oxygen atoms in total. The molecule has 3 fully saturated rings. The number of nitrogens with one attached hydrogen (secondary N) is 1. The Balaban J connectivity index is 1.84. The molecule has 2 aliphatic heterocycles. The van der Waals surface area contributed by atoms with E-state index in [1.54, 1.807) is 0 Å². The number of rotatable bonds is 2. The lowest BCUT2D eigenvalue weighted by Crippen LogP contribution is -2.66.